The number of amides is 2. The molecule has 1 aliphatic carbocycles. The number of hydrogen-bond acceptors (Lipinski definition) is 9. The van der Waals surface area contributed by atoms with E-state index in [1.54, 1.807) is 37.6 Å². The van der Waals surface area contributed by atoms with Crippen LogP contribution in [0.5, 0.6) is 5.88 Å². The van der Waals surface area contributed by atoms with E-state index in [1.807, 2.05) is 13.8 Å². The molecule has 0 aliphatic heterocycles. The molecule has 0 atom stereocenters. The van der Waals surface area contributed by atoms with Gasteiger partial charge in [0.1, 0.15) is 12.0 Å². The van der Waals surface area contributed by atoms with Crippen molar-refractivity contribution in [3.05, 3.63) is 42.5 Å². The molecule has 0 radical (unpaired) electrons. The molecule has 1 saturated carbocycles. The van der Waals surface area contributed by atoms with E-state index >= 15 is 0 Å². The molecule has 2 amide bonds. The Hall–Kier alpha value is -4.09. The average molecular weight is 451 g/mol. The minimum Gasteiger partial charge on any atom is -0.387 e. The van der Waals surface area contributed by atoms with E-state index in [9.17, 15) is 9.59 Å². The van der Waals surface area contributed by atoms with E-state index in [2.05, 4.69) is 35.7 Å². The first-order valence-electron chi connectivity index (χ1n) is 10.5. The zero-order chi connectivity index (χ0) is 23.5. The van der Waals surface area contributed by atoms with Gasteiger partial charge in [-0.05, 0) is 26.7 Å². The van der Waals surface area contributed by atoms with Gasteiger partial charge in [-0.15, -0.1) is 0 Å². The third-order valence-corrected chi connectivity index (χ3v) is 5.24. The third kappa shape index (κ3) is 5.05. The van der Waals surface area contributed by atoms with Crippen LogP contribution < -0.4 is 15.4 Å². The predicted octanol–water partition coefficient (Wildman–Crippen LogP) is 2.71. The maximum absolute atomic E-state index is 12.8. The lowest BCUT2D eigenvalue weighted by Crippen LogP contribution is -2.35. The second-order valence-corrected chi connectivity index (χ2v) is 8.03. The molecule has 3 heterocycles. The van der Waals surface area contributed by atoms with Gasteiger partial charge in [0.25, 0.3) is 11.8 Å². The lowest BCUT2D eigenvalue weighted by atomic mass is 10.2. The van der Waals surface area contributed by atoms with Gasteiger partial charge in [-0.1, -0.05) is 0 Å². The molecule has 0 saturated heterocycles. The van der Waals surface area contributed by atoms with Crippen molar-refractivity contribution in [3.8, 4) is 5.88 Å². The van der Waals surface area contributed by atoms with Crippen LogP contribution in [0.1, 0.15) is 48.8 Å². The Bertz CT molecular complexity index is 1160. The Kier molecular flexibility index (Phi) is 6.16. The SMILES string of the molecule is CC(C)N(C)C(=O)c1c(NC(=O)Oc2nc(C3CC3)cnc2Nc2cncnc2)cnn1C. The Morgan fingerprint density at radius 2 is 1.91 bits per heavy atom. The van der Waals surface area contributed by atoms with E-state index in [0.29, 0.717) is 11.6 Å². The molecule has 1 fully saturated rings. The highest BCUT2D eigenvalue weighted by Crippen LogP contribution is 2.40. The Morgan fingerprint density at radius 1 is 1.18 bits per heavy atom. The highest BCUT2D eigenvalue weighted by molar-refractivity contribution is 6.01. The fourth-order valence-electron chi connectivity index (χ4n) is 3.03. The van der Waals surface area contributed by atoms with Crippen LogP contribution >= 0.6 is 0 Å². The topological polar surface area (TPSA) is 140 Å². The molecule has 4 rings (SSSR count). The molecule has 12 heteroatoms. The van der Waals surface area contributed by atoms with Crippen molar-refractivity contribution in [3.63, 3.8) is 0 Å². The van der Waals surface area contributed by atoms with E-state index in [-0.39, 0.29) is 35.0 Å². The van der Waals surface area contributed by atoms with Gasteiger partial charge in [0.15, 0.2) is 5.82 Å². The first-order chi connectivity index (χ1) is 15.8. The van der Waals surface area contributed by atoms with Crippen LogP contribution in [0, 0.1) is 0 Å². The molecule has 0 unspecified atom stereocenters. The van der Waals surface area contributed by atoms with Gasteiger partial charge in [-0.3, -0.25) is 14.8 Å². The summed E-state index contributed by atoms with van der Waals surface area (Å²) in [4.78, 5) is 43.9. The molecule has 0 spiro atoms. The fraction of sp³-hybridized carbons (Fsp3) is 0.381. The summed E-state index contributed by atoms with van der Waals surface area (Å²) in [7, 11) is 3.32. The van der Waals surface area contributed by atoms with Crippen LogP contribution in [0.3, 0.4) is 0 Å². The van der Waals surface area contributed by atoms with Crippen LogP contribution in [0.4, 0.5) is 22.0 Å². The number of aryl methyl sites for hydroxylation is 1. The summed E-state index contributed by atoms with van der Waals surface area (Å²) in [5, 5.41) is 9.71. The summed E-state index contributed by atoms with van der Waals surface area (Å²) < 4.78 is 6.91. The van der Waals surface area contributed by atoms with Crippen molar-refractivity contribution in [1.82, 2.24) is 34.6 Å². The molecule has 33 heavy (non-hydrogen) atoms. The lowest BCUT2D eigenvalue weighted by molar-refractivity contribution is 0.0745. The number of hydrogen-bond donors (Lipinski definition) is 2. The Balaban J connectivity index is 1.55. The smallest absolute Gasteiger partial charge is 0.387 e. The number of nitrogens with zero attached hydrogens (tertiary/aromatic N) is 7. The Labute approximate surface area is 190 Å². The number of aromatic nitrogens is 6. The summed E-state index contributed by atoms with van der Waals surface area (Å²) in [5.74, 6) is 0.289. The second kappa shape index (κ2) is 9.18. The van der Waals surface area contributed by atoms with Crippen LogP contribution in [-0.4, -0.2) is 59.7 Å². The maximum atomic E-state index is 12.8. The molecule has 12 nitrogen and oxygen atoms in total. The molecular formula is C21H25N9O3. The van der Waals surface area contributed by atoms with Crippen molar-refractivity contribution >= 4 is 29.2 Å². The quantitative estimate of drug-likeness (QED) is 0.555. The van der Waals surface area contributed by atoms with Gasteiger partial charge in [0.05, 0.1) is 41.9 Å². The van der Waals surface area contributed by atoms with E-state index in [1.165, 1.54) is 17.2 Å². The summed E-state index contributed by atoms with van der Waals surface area (Å²) >= 11 is 0. The first-order valence-corrected chi connectivity index (χ1v) is 10.5. The first kappa shape index (κ1) is 22.1. The van der Waals surface area contributed by atoms with Crippen molar-refractivity contribution in [2.24, 2.45) is 7.05 Å². The van der Waals surface area contributed by atoms with Crippen molar-refractivity contribution in [2.75, 3.05) is 17.7 Å². The molecule has 3 aromatic rings. The molecule has 3 aromatic heterocycles. The van der Waals surface area contributed by atoms with Crippen LogP contribution in [0.15, 0.2) is 31.1 Å². The second-order valence-electron chi connectivity index (χ2n) is 8.03. The molecular weight excluding hydrogens is 426 g/mol. The maximum Gasteiger partial charge on any atom is 0.418 e. The van der Waals surface area contributed by atoms with Crippen LogP contribution in [0.25, 0.3) is 0 Å². The average Bonchev–Trinajstić information content (AvgIpc) is 3.58. The highest BCUT2D eigenvalue weighted by Gasteiger charge is 2.28. The molecule has 172 valence electrons. The van der Waals surface area contributed by atoms with E-state index < -0.39 is 6.09 Å². The van der Waals surface area contributed by atoms with Gasteiger partial charge in [-0.25, -0.2) is 24.7 Å². The molecule has 0 aromatic carbocycles. The van der Waals surface area contributed by atoms with Crippen molar-refractivity contribution < 1.29 is 14.3 Å². The zero-order valence-corrected chi connectivity index (χ0v) is 18.8. The van der Waals surface area contributed by atoms with Gasteiger partial charge < -0.3 is 15.0 Å². The monoisotopic (exact) mass is 451 g/mol. The van der Waals surface area contributed by atoms with Crippen LogP contribution in [-0.2, 0) is 7.05 Å². The normalized spacial score (nSPS) is 13.0. The predicted molar refractivity (Wildman–Crippen MR) is 119 cm³/mol. The lowest BCUT2D eigenvalue weighted by Gasteiger charge is -2.22. The highest BCUT2D eigenvalue weighted by atomic mass is 16.6. The largest absolute Gasteiger partial charge is 0.418 e. The summed E-state index contributed by atoms with van der Waals surface area (Å²) in [5.41, 5.74) is 1.79. The number of carbonyl (C=O) groups is 2. The standard InChI is InChI=1S/C21H25N9O3/c1-12(2)29(3)20(31)17-16(10-25-30(17)4)28-21(32)33-19-18(26-14-7-22-11-23-8-14)24-9-15(27-19)13-5-6-13/h7-13H,5-6H2,1-4H3,(H,24,26)(H,28,32). The van der Waals surface area contributed by atoms with Crippen LogP contribution in [0.2, 0.25) is 0 Å². The third-order valence-electron chi connectivity index (χ3n) is 5.24. The summed E-state index contributed by atoms with van der Waals surface area (Å²) in [6.07, 6.45) is 8.80. The number of anilines is 3. The van der Waals surface area contributed by atoms with Gasteiger partial charge in [0.2, 0.25) is 0 Å². The number of ether oxygens (including phenoxy) is 1. The summed E-state index contributed by atoms with van der Waals surface area (Å²) in [6.45, 7) is 3.79. The van der Waals surface area contributed by atoms with Gasteiger partial charge in [-0.2, -0.15) is 5.10 Å². The fourth-order valence-corrected chi connectivity index (χ4v) is 3.03. The molecule has 2 N–H and O–H groups in total. The molecule has 0 bridgehead atoms. The van der Waals surface area contributed by atoms with Crippen molar-refractivity contribution in [1.29, 1.82) is 0 Å². The molecule has 1 aliphatic rings. The van der Waals surface area contributed by atoms with Gasteiger partial charge >= 0.3 is 6.09 Å². The van der Waals surface area contributed by atoms with E-state index in [0.717, 1.165) is 18.5 Å². The minimum atomic E-state index is -0.821. The van der Waals surface area contributed by atoms with E-state index in [4.69, 9.17) is 4.74 Å². The number of nitrogens with one attached hydrogen (secondary N) is 2. The van der Waals surface area contributed by atoms with Gasteiger partial charge in [0, 0.05) is 26.1 Å². The minimum absolute atomic E-state index is 0.0109. The summed E-state index contributed by atoms with van der Waals surface area (Å²) in [6, 6.07) is -0.0248. The Morgan fingerprint density at radius 3 is 2.58 bits per heavy atom. The van der Waals surface area contributed by atoms with Crippen molar-refractivity contribution in [2.45, 2.75) is 38.6 Å². The zero-order valence-electron chi connectivity index (χ0n) is 18.8. The number of carbonyl (C=O) groups excluding carboxylic acids is 2. The number of rotatable bonds is 7.